The predicted molar refractivity (Wildman–Crippen MR) is 233 cm³/mol. The number of nitrogens with zero attached hydrogens (tertiary/aromatic N) is 3. The Kier molecular flexibility index (Phi) is 7.64. The summed E-state index contributed by atoms with van der Waals surface area (Å²) >= 11 is 1.85. The fourth-order valence-corrected chi connectivity index (χ4v) is 8.96. The third kappa shape index (κ3) is 5.56. The zero-order chi connectivity index (χ0) is 37.0. The summed E-state index contributed by atoms with van der Waals surface area (Å²) in [4.78, 5) is 15.0. The van der Waals surface area contributed by atoms with Gasteiger partial charge in [0.15, 0.2) is 17.5 Å². The normalized spacial score (nSPS) is 11.6. The van der Waals surface area contributed by atoms with Crippen LogP contribution < -0.4 is 0 Å². The number of benzene rings is 8. The number of thiophene rings is 1. The van der Waals surface area contributed by atoms with Crippen molar-refractivity contribution in [2.24, 2.45) is 0 Å². The standard InChI is InChI=1S/C51H31N3OS/c1-3-12-34(13-4-1)49-52-50(35-14-5-2-6-15-35)54-51(53-49)38-17-11-16-37(30-38)39-28-29-43-40-18-7-9-20-44(40)55-48(43)47(39)33-24-22-32(23-25-33)36-26-27-42-41-19-8-10-21-45(41)56-46(42)31-36/h1-31H. The molecule has 8 aromatic carbocycles. The monoisotopic (exact) mass is 733 g/mol. The van der Waals surface area contributed by atoms with Crippen molar-refractivity contribution in [1.82, 2.24) is 15.0 Å². The summed E-state index contributed by atoms with van der Waals surface area (Å²) in [6.07, 6.45) is 0. The minimum atomic E-state index is 0.617. The molecule has 4 nitrogen and oxygen atoms in total. The van der Waals surface area contributed by atoms with Crippen molar-refractivity contribution < 1.29 is 4.42 Å². The Labute approximate surface area is 327 Å². The summed E-state index contributed by atoms with van der Waals surface area (Å²) < 4.78 is 9.32. The van der Waals surface area contributed by atoms with Crippen LogP contribution in [0.5, 0.6) is 0 Å². The molecule has 0 unspecified atom stereocenters. The van der Waals surface area contributed by atoms with Gasteiger partial charge in [-0.2, -0.15) is 0 Å². The summed E-state index contributed by atoms with van der Waals surface area (Å²) in [5.74, 6) is 1.89. The van der Waals surface area contributed by atoms with Crippen molar-refractivity contribution in [3.63, 3.8) is 0 Å². The van der Waals surface area contributed by atoms with Crippen molar-refractivity contribution in [3.8, 4) is 67.5 Å². The van der Waals surface area contributed by atoms with Gasteiger partial charge in [-0.1, -0.05) is 158 Å². The maximum atomic E-state index is 6.70. The number of para-hydroxylation sites is 1. The van der Waals surface area contributed by atoms with Crippen molar-refractivity contribution in [2.75, 3.05) is 0 Å². The van der Waals surface area contributed by atoms with Gasteiger partial charge < -0.3 is 4.42 Å². The van der Waals surface area contributed by atoms with Crippen molar-refractivity contribution >= 4 is 53.4 Å². The van der Waals surface area contributed by atoms with Gasteiger partial charge in [0.1, 0.15) is 11.2 Å². The van der Waals surface area contributed by atoms with Crippen LogP contribution in [0.15, 0.2) is 192 Å². The first kappa shape index (κ1) is 32.2. The smallest absolute Gasteiger partial charge is 0.164 e. The van der Waals surface area contributed by atoms with Crippen LogP contribution in [0.2, 0.25) is 0 Å². The van der Waals surface area contributed by atoms with Gasteiger partial charge in [-0.15, -0.1) is 11.3 Å². The van der Waals surface area contributed by atoms with E-state index in [1.807, 2.05) is 84.1 Å². The molecule has 0 aliphatic heterocycles. The first-order chi connectivity index (χ1) is 27.7. The number of hydrogen-bond donors (Lipinski definition) is 0. The minimum Gasteiger partial charge on any atom is -0.455 e. The molecule has 0 radical (unpaired) electrons. The third-order valence-electron chi connectivity index (χ3n) is 10.6. The predicted octanol–water partition coefficient (Wildman–Crippen LogP) is 14.1. The van der Waals surface area contributed by atoms with Crippen LogP contribution in [0.3, 0.4) is 0 Å². The van der Waals surface area contributed by atoms with Crippen LogP contribution in [-0.2, 0) is 0 Å². The maximum Gasteiger partial charge on any atom is 0.164 e. The van der Waals surface area contributed by atoms with Crippen molar-refractivity contribution in [3.05, 3.63) is 188 Å². The molecule has 262 valence electrons. The molecule has 0 N–H and O–H groups in total. The Balaban J connectivity index is 1.05. The maximum absolute atomic E-state index is 6.70. The quantitative estimate of drug-likeness (QED) is 0.171. The first-order valence-corrected chi connectivity index (χ1v) is 19.5. The van der Waals surface area contributed by atoms with Crippen molar-refractivity contribution in [1.29, 1.82) is 0 Å². The van der Waals surface area contributed by atoms with E-state index >= 15 is 0 Å². The van der Waals surface area contributed by atoms with Crippen LogP contribution in [-0.4, -0.2) is 15.0 Å². The Morgan fingerprint density at radius 3 is 1.64 bits per heavy atom. The molecule has 11 aromatic rings. The highest BCUT2D eigenvalue weighted by Crippen LogP contribution is 2.44. The highest BCUT2D eigenvalue weighted by Gasteiger charge is 2.19. The van der Waals surface area contributed by atoms with E-state index < -0.39 is 0 Å². The molecule has 3 aromatic heterocycles. The average Bonchev–Trinajstić information content (AvgIpc) is 3.85. The van der Waals surface area contributed by atoms with E-state index in [0.29, 0.717) is 17.5 Å². The highest BCUT2D eigenvalue weighted by atomic mass is 32.1. The molecule has 0 aliphatic rings. The second-order valence-corrected chi connectivity index (χ2v) is 15.1. The summed E-state index contributed by atoms with van der Waals surface area (Å²) in [6, 6.07) is 65.7. The molecule has 11 rings (SSSR count). The molecular weight excluding hydrogens is 703 g/mol. The Hall–Kier alpha value is -7.21. The van der Waals surface area contributed by atoms with Crippen LogP contribution in [0, 0.1) is 0 Å². The molecule has 0 saturated carbocycles. The number of furan rings is 1. The van der Waals surface area contributed by atoms with E-state index in [1.54, 1.807) is 0 Å². The van der Waals surface area contributed by atoms with Gasteiger partial charge in [-0.05, 0) is 58.1 Å². The summed E-state index contributed by atoms with van der Waals surface area (Å²) in [5, 5.41) is 4.81. The first-order valence-electron chi connectivity index (χ1n) is 18.7. The van der Waals surface area contributed by atoms with E-state index in [-0.39, 0.29) is 0 Å². The van der Waals surface area contributed by atoms with Gasteiger partial charge in [0.05, 0.1) is 0 Å². The van der Waals surface area contributed by atoms with E-state index in [0.717, 1.165) is 60.9 Å². The van der Waals surface area contributed by atoms with E-state index in [1.165, 1.54) is 31.3 Å². The number of aromatic nitrogens is 3. The zero-order valence-electron chi connectivity index (χ0n) is 30.1. The molecule has 0 spiro atoms. The Morgan fingerprint density at radius 2 is 0.893 bits per heavy atom. The van der Waals surface area contributed by atoms with Gasteiger partial charge in [-0.25, -0.2) is 15.0 Å². The minimum absolute atomic E-state index is 0.617. The molecule has 0 amide bonds. The molecule has 0 aliphatic carbocycles. The lowest BCUT2D eigenvalue weighted by Crippen LogP contribution is -2.00. The van der Waals surface area contributed by atoms with E-state index in [4.69, 9.17) is 19.4 Å². The van der Waals surface area contributed by atoms with Gasteiger partial charge in [0.2, 0.25) is 0 Å². The van der Waals surface area contributed by atoms with E-state index in [9.17, 15) is 0 Å². The second kappa shape index (κ2) is 13.3. The molecule has 0 bridgehead atoms. The van der Waals surface area contributed by atoms with Crippen LogP contribution in [0.4, 0.5) is 0 Å². The Bertz CT molecular complexity index is 3180. The van der Waals surface area contributed by atoms with Gasteiger partial charge in [0, 0.05) is 53.2 Å². The lowest BCUT2D eigenvalue weighted by molar-refractivity contribution is 0.670. The molecule has 0 saturated heterocycles. The van der Waals surface area contributed by atoms with E-state index in [2.05, 4.69) is 115 Å². The average molecular weight is 734 g/mol. The second-order valence-electron chi connectivity index (χ2n) is 14.0. The topological polar surface area (TPSA) is 51.8 Å². The fourth-order valence-electron chi connectivity index (χ4n) is 7.81. The number of rotatable bonds is 6. The van der Waals surface area contributed by atoms with Gasteiger partial charge in [0.25, 0.3) is 0 Å². The molecule has 5 heteroatoms. The molecule has 0 fully saturated rings. The highest BCUT2D eigenvalue weighted by molar-refractivity contribution is 7.25. The SMILES string of the molecule is c1ccc(-c2nc(-c3ccccc3)nc(-c3cccc(-c4ccc5c(oc6ccccc65)c4-c4ccc(-c5ccc6c(c5)sc5ccccc56)cc4)c3)n2)cc1. The largest absolute Gasteiger partial charge is 0.455 e. The summed E-state index contributed by atoms with van der Waals surface area (Å²) in [5.41, 5.74) is 11.1. The lowest BCUT2D eigenvalue weighted by atomic mass is 9.90. The molecular formula is C51H31N3OS. The summed E-state index contributed by atoms with van der Waals surface area (Å²) in [7, 11) is 0. The van der Waals surface area contributed by atoms with Gasteiger partial charge in [-0.3, -0.25) is 0 Å². The number of fused-ring (bicyclic) bond motifs is 6. The summed E-state index contributed by atoms with van der Waals surface area (Å²) in [6.45, 7) is 0. The van der Waals surface area contributed by atoms with Crippen LogP contribution >= 0.6 is 11.3 Å². The molecule has 0 atom stereocenters. The third-order valence-corrected chi connectivity index (χ3v) is 11.7. The van der Waals surface area contributed by atoms with Crippen molar-refractivity contribution in [2.45, 2.75) is 0 Å². The molecule has 3 heterocycles. The van der Waals surface area contributed by atoms with Gasteiger partial charge >= 0.3 is 0 Å². The lowest BCUT2D eigenvalue weighted by Gasteiger charge is -2.14. The molecule has 56 heavy (non-hydrogen) atoms. The Morgan fingerprint density at radius 1 is 0.339 bits per heavy atom. The number of hydrogen-bond acceptors (Lipinski definition) is 5. The fraction of sp³-hybridized carbons (Fsp3) is 0. The van der Waals surface area contributed by atoms with Crippen LogP contribution in [0.25, 0.3) is 110 Å². The van der Waals surface area contributed by atoms with Crippen LogP contribution in [0.1, 0.15) is 0 Å². The zero-order valence-corrected chi connectivity index (χ0v) is 30.9.